The van der Waals surface area contributed by atoms with E-state index in [0.29, 0.717) is 0 Å². The van der Waals surface area contributed by atoms with Crippen molar-refractivity contribution in [3.05, 3.63) is 60.2 Å². The van der Waals surface area contributed by atoms with Crippen LogP contribution < -0.4 is 11.1 Å². The first kappa shape index (κ1) is 20.7. The largest absolute Gasteiger partial charge is 0.330 e. The minimum atomic E-state index is 0. The molecule has 26 heavy (non-hydrogen) atoms. The summed E-state index contributed by atoms with van der Waals surface area (Å²) in [5.41, 5.74) is 6.96. The lowest BCUT2D eigenvalue weighted by molar-refractivity contribution is 0.568. The highest BCUT2D eigenvalue weighted by atomic mass is 35.5. The SMILES string of the molecule is Cl.NCCCCCCCCNCc1c2ccccc2cc2ccccc12. The number of hydrogen-bond acceptors (Lipinski definition) is 2. The fourth-order valence-electron chi connectivity index (χ4n) is 3.61. The number of halogens is 1. The molecule has 3 N–H and O–H groups in total. The summed E-state index contributed by atoms with van der Waals surface area (Å²) in [7, 11) is 0. The lowest BCUT2D eigenvalue weighted by Crippen LogP contribution is -2.15. The minimum absolute atomic E-state index is 0. The van der Waals surface area contributed by atoms with E-state index in [1.54, 1.807) is 0 Å². The molecule has 0 unspecified atom stereocenters. The molecule has 0 radical (unpaired) electrons. The van der Waals surface area contributed by atoms with Gasteiger partial charge in [-0.3, -0.25) is 0 Å². The average Bonchev–Trinajstić information content (AvgIpc) is 2.66. The summed E-state index contributed by atoms with van der Waals surface area (Å²) in [5.74, 6) is 0. The first-order valence-electron chi connectivity index (χ1n) is 9.70. The second kappa shape index (κ2) is 11.2. The van der Waals surface area contributed by atoms with Crippen LogP contribution in [-0.4, -0.2) is 13.1 Å². The van der Waals surface area contributed by atoms with Gasteiger partial charge in [-0.25, -0.2) is 0 Å². The van der Waals surface area contributed by atoms with Gasteiger partial charge in [0.15, 0.2) is 0 Å². The molecule has 0 aromatic heterocycles. The molecule has 0 aliphatic rings. The summed E-state index contributed by atoms with van der Waals surface area (Å²) < 4.78 is 0. The third kappa shape index (κ3) is 5.44. The molecule has 3 heteroatoms. The van der Waals surface area contributed by atoms with Crippen LogP contribution in [0, 0.1) is 0 Å². The van der Waals surface area contributed by atoms with Crippen LogP contribution >= 0.6 is 12.4 Å². The summed E-state index contributed by atoms with van der Waals surface area (Å²) in [5, 5.41) is 9.07. The monoisotopic (exact) mass is 370 g/mol. The molecular formula is C23H31ClN2. The Bertz CT molecular complexity index is 746. The van der Waals surface area contributed by atoms with E-state index in [9.17, 15) is 0 Å². The fourth-order valence-corrected chi connectivity index (χ4v) is 3.61. The Labute approximate surface area is 163 Å². The molecule has 0 saturated carbocycles. The number of fused-ring (bicyclic) bond motifs is 2. The Morgan fingerprint density at radius 1 is 0.692 bits per heavy atom. The Balaban J connectivity index is 0.00000243. The highest BCUT2D eigenvalue weighted by Gasteiger charge is 2.06. The minimum Gasteiger partial charge on any atom is -0.330 e. The number of benzene rings is 3. The first-order chi connectivity index (χ1) is 12.4. The van der Waals surface area contributed by atoms with Crippen molar-refractivity contribution in [2.75, 3.05) is 13.1 Å². The normalized spacial score (nSPS) is 11.0. The predicted molar refractivity (Wildman–Crippen MR) is 117 cm³/mol. The smallest absolute Gasteiger partial charge is 0.0217 e. The summed E-state index contributed by atoms with van der Waals surface area (Å²) in [6.07, 6.45) is 7.68. The maximum atomic E-state index is 5.53. The van der Waals surface area contributed by atoms with Gasteiger partial charge in [-0.2, -0.15) is 0 Å². The van der Waals surface area contributed by atoms with Gasteiger partial charge in [0.05, 0.1) is 0 Å². The van der Waals surface area contributed by atoms with Crippen molar-refractivity contribution in [2.24, 2.45) is 5.73 Å². The number of rotatable bonds is 10. The van der Waals surface area contributed by atoms with Crippen molar-refractivity contribution >= 4 is 34.0 Å². The molecule has 0 spiro atoms. The molecule has 0 fully saturated rings. The lowest BCUT2D eigenvalue weighted by Gasteiger charge is -2.12. The number of nitrogens with one attached hydrogen (secondary N) is 1. The van der Waals surface area contributed by atoms with Crippen LogP contribution in [0.2, 0.25) is 0 Å². The lowest BCUT2D eigenvalue weighted by atomic mass is 9.97. The standard InChI is InChI=1S/C23H30N2.ClH/c24-15-9-3-1-2-4-10-16-25-18-23-21-13-7-5-11-19(21)17-20-12-6-8-14-22(20)23;/h5-8,11-14,17,25H,1-4,9-10,15-16,18,24H2;1H. The maximum Gasteiger partial charge on any atom is 0.0217 e. The second-order valence-electron chi connectivity index (χ2n) is 6.88. The average molecular weight is 371 g/mol. The van der Waals surface area contributed by atoms with Gasteiger partial charge in [-0.15, -0.1) is 12.4 Å². The summed E-state index contributed by atoms with van der Waals surface area (Å²) in [6.45, 7) is 2.87. The van der Waals surface area contributed by atoms with Crippen LogP contribution in [-0.2, 0) is 6.54 Å². The van der Waals surface area contributed by atoms with Crippen molar-refractivity contribution in [3.8, 4) is 0 Å². The van der Waals surface area contributed by atoms with Crippen LogP contribution in [0.25, 0.3) is 21.5 Å². The quantitative estimate of drug-likeness (QED) is 0.349. The van der Waals surface area contributed by atoms with E-state index in [1.807, 2.05) is 0 Å². The number of hydrogen-bond donors (Lipinski definition) is 2. The molecule has 0 saturated heterocycles. The zero-order valence-corrected chi connectivity index (χ0v) is 16.4. The van der Waals surface area contributed by atoms with Crippen LogP contribution in [0.4, 0.5) is 0 Å². The van der Waals surface area contributed by atoms with Gasteiger partial charge in [0.2, 0.25) is 0 Å². The Hall–Kier alpha value is -1.61. The summed E-state index contributed by atoms with van der Waals surface area (Å²) >= 11 is 0. The molecule has 0 aliphatic carbocycles. The zero-order chi connectivity index (χ0) is 17.3. The van der Waals surface area contributed by atoms with E-state index >= 15 is 0 Å². The van der Waals surface area contributed by atoms with Gasteiger partial charge in [-0.05, 0) is 59.1 Å². The fraction of sp³-hybridized carbons (Fsp3) is 0.391. The zero-order valence-electron chi connectivity index (χ0n) is 15.5. The molecule has 0 bridgehead atoms. The van der Waals surface area contributed by atoms with Crippen LogP contribution in [0.5, 0.6) is 0 Å². The van der Waals surface area contributed by atoms with Gasteiger partial charge in [0, 0.05) is 6.54 Å². The van der Waals surface area contributed by atoms with Gasteiger partial charge in [-0.1, -0.05) is 74.2 Å². The highest BCUT2D eigenvalue weighted by molar-refractivity contribution is 6.02. The summed E-state index contributed by atoms with van der Waals surface area (Å²) in [6, 6.07) is 19.8. The predicted octanol–water partition coefficient (Wildman–Crippen LogP) is 5.80. The van der Waals surface area contributed by atoms with E-state index in [1.165, 1.54) is 65.6 Å². The molecular weight excluding hydrogens is 340 g/mol. The highest BCUT2D eigenvalue weighted by Crippen LogP contribution is 2.28. The van der Waals surface area contributed by atoms with Gasteiger partial charge in [0.1, 0.15) is 0 Å². The Morgan fingerprint density at radius 2 is 1.23 bits per heavy atom. The molecule has 140 valence electrons. The molecule has 2 nitrogen and oxygen atoms in total. The van der Waals surface area contributed by atoms with E-state index < -0.39 is 0 Å². The number of nitrogens with two attached hydrogens (primary N) is 1. The van der Waals surface area contributed by atoms with Crippen molar-refractivity contribution in [1.29, 1.82) is 0 Å². The third-order valence-electron chi connectivity index (χ3n) is 4.99. The van der Waals surface area contributed by atoms with Crippen LogP contribution in [0.1, 0.15) is 44.1 Å². The van der Waals surface area contributed by atoms with Crippen molar-refractivity contribution in [3.63, 3.8) is 0 Å². The van der Waals surface area contributed by atoms with Crippen molar-refractivity contribution in [1.82, 2.24) is 5.32 Å². The first-order valence-corrected chi connectivity index (χ1v) is 9.70. The van der Waals surface area contributed by atoms with Crippen LogP contribution in [0.3, 0.4) is 0 Å². The third-order valence-corrected chi connectivity index (χ3v) is 4.99. The number of unbranched alkanes of at least 4 members (excludes halogenated alkanes) is 5. The Morgan fingerprint density at radius 3 is 1.85 bits per heavy atom. The molecule has 3 aromatic carbocycles. The molecule has 0 aliphatic heterocycles. The van der Waals surface area contributed by atoms with Gasteiger partial charge in [0.25, 0.3) is 0 Å². The topological polar surface area (TPSA) is 38.0 Å². The summed E-state index contributed by atoms with van der Waals surface area (Å²) in [4.78, 5) is 0. The van der Waals surface area contributed by atoms with Gasteiger partial charge < -0.3 is 11.1 Å². The van der Waals surface area contributed by atoms with Gasteiger partial charge >= 0.3 is 0 Å². The van der Waals surface area contributed by atoms with E-state index in [-0.39, 0.29) is 12.4 Å². The second-order valence-corrected chi connectivity index (χ2v) is 6.88. The molecule has 0 atom stereocenters. The Kier molecular flexibility index (Phi) is 8.90. The maximum absolute atomic E-state index is 5.53. The van der Waals surface area contributed by atoms with E-state index in [4.69, 9.17) is 5.73 Å². The molecule has 3 aromatic rings. The van der Waals surface area contributed by atoms with Crippen LogP contribution in [0.15, 0.2) is 54.6 Å². The molecule has 0 amide bonds. The van der Waals surface area contributed by atoms with E-state index in [0.717, 1.165) is 19.6 Å². The molecule has 3 rings (SSSR count). The van der Waals surface area contributed by atoms with Crippen molar-refractivity contribution in [2.45, 2.75) is 45.1 Å². The van der Waals surface area contributed by atoms with Crippen molar-refractivity contribution < 1.29 is 0 Å². The molecule has 0 heterocycles. The van der Waals surface area contributed by atoms with E-state index in [2.05, 4.69) is 59.9 Å².